The second-order valence-electron chi connectivity index (χ2n) is 6.41. The molecular weight excluding hydrogens is 294 g/mol. The summed E-state index contributed by atoms with van der Waals surface area (Å²) in [6, 6.07) is 10.6. The van der Waals surface area contributed by atoms with E-state index in [-0.39, 0.29) is 12.0 Å². The number of ether oxygens (including phenoxy) is 1. The van der Waals surface area contributed by atoms with Crippen LogP contribution in [0.25, 0.3) is 0 Å². The lowest BCUT2D eigenvalue weighted by Gasteiger charge is -2.43. The van der Waals surface area contributed by atoms with Crippen LogP contribution in [0.1, 0.15) is 26.2 Å². The van der Waals surface area contributed by atoms with E-state index in [0.29, 0.717) is 12.6 Å². The summed E-state index contributed by atoms with van der Waals surface area (Å²) in [5, 5.41) is 9.89. The number of para-hydroxylation sites is 1. The van der Waals surface area contributed by atoms with E-state index < -0.39 is 0 Å². The molecule has 0 amide bonds. The zero-order chi connectivity index (χ0) is 15.8. The predicted molar refractivity (Wildman–Crippen MR) is 94.7 cm³/mol. The van der Waals surface area contributed by atoms with Crippen molar-refractivity contribution in [3.8, 4) is 5.75 Å². The van der Waals surface area contributed by atoms with Crippen LogP contribution < -0.4 is 4.74 Å². The summed E-state index contributed by atoms with van der Waals surface area (Å²) >= 11 is 1.91. The standard InChI is InChI=1S/C18H29NO2S/c1-16(14-22-2)19-11-8-18(15-20,9-12-19)10-13-21-17-6-4-3-5-7-17/h3-7,16,20H,8-15H2,1-2H3. The molecule has 0 spiro atoms. The van der Waals surface area contributed by atoms with Crippen LogP contribution in [0.5, 0.6) is 5.75 Å². The summed E-state index contributed by atoms with van der Waals surface area (Å²) in [4.78, 5) is 2.56. The summed E-state index contributed by atoms with van der Waals surface area (Å²) in [6.07, 6.45) is 5.24. The lowest BCUT2D eigenvalue weighted by molar-refractivity contribution is 0.0181. The van der Waals surface area contributed by atoms with E-state index in [0.717, 1.165) is 38.1 Å². The molecule has 3 nitrogen and oxygen atoms in total. The fourth-order valence-corrected chi connectivity index (χ4v) is 3.87. The van der Waals surface area contributed by atoms with Crippen LogP contribution in [0, 0.1) is 5.41 Å². The maximum Gasteiger partial charge on any atom is 0.119 e. The van der Waals surface area contributed by atoms with Crippen LogP contribution in [-0.2, 0) is 0 Å². The topological polar surface area (TPSA) is 32.7 Å². The number of piperidine rings is 1. The van der Waals surface area contributed by atoms with Gasteiger partial charge in [0.1, 0.15) is 5.75 Å². The molecular formula is C18H29NO2S. The minimum absolute atomic E-state index is 0.0460. The molecule has 1 atom stereocenters. The highest BCUT2D eigenvalue weighted by molar-refractivity contribution is 7.98. The van der Waals surface area contributed by atoms with Crippen molar-refractivity contribution in [1.82, 2.24) is 4.90 Å². The highest BCUT2D eigenvalue weighted by Crippen LogP contribution is 2.35. The van der Waals surface area contributed by atoms with Crippen molar-refractivity contribution >= 4 is 11.8 Å². The summed E-state index contributed by atoms with van der Waals surface area (Å²) in [7, 11) is 0. The monoisotopic (exact) mass is 323 g/mol. The van der Waals surface area contributed by atoms with Gasteiger partial charge in [0.25, 0.3) is 0 Å². The van der Waals surface area contributed by atoms with Gasteiger partial charge in [0.05, 0.1) is 6.61 Å². The lowest BCUT2D eigenvalue weighted by atomic mass is 9.76. The maximum absolute atomic E-state index is 9.89. The molecule has 1 fully saturated rings. The number of likely N-dealkylation sites (tertiary alicyclic amines) is 1. The number of rotatable bonds is 8. The predicted octanol–water partition coefficient (Wildman–Crippen LogP) is 3.28. The molecule has 1 aliphatic heterocycles. The quantitative estimate of drug-likeness (QED) is 0.796. The Balaban J connectivity index is 1.79. The Morgan fingerprint density at radius 1 is 1.27 bits per heavy atom. The van der Waals surface area contributed by atoms with Crippen LogP contribution in [0.15, 0.2) is 30.3 Å². The minimum atomic E-state index is 0.0460. The molecule has 0 aromatic heterocycles. The Bertz CT molecular complexity index is 418. The second-order valence-corrected chi connectivity index (χ2v) is 7.32. The van der Waals surface area contributed by atoms with Crippen molar-refractivity contribution in [3.05, 3.63) is 30.3 Å². The van der Waals surface area contributed by atoms with Gasteiger partial charge in [-0.15, -0.1) is 0 Å². The number of benzene rings is 1. The third kappa shape index (κ3) is 4.90. The van der Waals surface area contributed by atoms with Crippen molar-refractivity contribution in [2.45, 2.75) is 32.2 Å². The molecule has 124 valence electrons. The molecule has 0 aliphatic carbocycles. The average molecular weight is 324 g/mol. The van der Waals surface area contributed by atoms with E-state index in [1.807, 2.05) is 42.1 Å². The van der Waals surface area contributed by atoms with Gasteiger partial charge in [0.2, 0.25) is 0 Å². The third-order valence-electron chi connectivity index (χ3n) is 4.87. The average Bonchev–Trinajstić information content (AvgIpc) is 2.56. The first-order valence-electron chi connectivity index (χ1n) is 8.21. The number of aliphatic hydroxyl groups is 1. The number of nitrogens with zero attached hydrogens (tertiary/aromatic N) is 1. The Labute approximate surface area is 139 Å². The zero-order valence-electron chi connectivity index (χ0n) is 13.8. The molecule has 1 unspecified atom stereocenters. The molecule has 1 aromatic carbocycles. The second kappa shape index (κ2) is 8.80. The molecule has 1 saturated heterocycles. The largest absolute Gasteiger partial charge is 0.494 e. The number of aliphatic hydroxyl groups excluding tert-OH is 1. The summed E-state index contributed by atoms with van der Waals surface area (Å²) in [5.41, 5.74) is 0.0460. The molecule has 1 N–H and O–H groups in total. The molecule has 0 radical (unpaired) electrons. The van der Waals surface area contributed by atoms with Gasteiger partial charge >= 0.3 is 0 Å². The Kier molecular flexibility index (Phi) is 7.06. The van der Waals surface area contributed by atoms with E-state index in [9.17, 15) is 5.11 Å². The number of thioether (sulfide) groups is 1. The first-order chi connectivity index (χ1) is 10.7. The van der Waals surface area contributed by atoms with Crippen LogP contribution >= 0.6 is 11.8 Å². The number of hydrogen-bond donors (Lipinski definition) is 1. The van der Waals surface area contributed by atoms with Gasteiger partial charge in [-0.2, -0.15) is 11.8 Å². The van der Waals surface area contributed by atoms with Crippen LogP contribution in [0.2, 0.25) is 0 Å². The van der Waals surface area contributed by atoms with Crippen molar-refractivity contribution in [2.24, 2.45) is 5.41 Å². The van der Waals surface area contributed by atoms with Gasteiger partial charge in [-0.1, -0.05) is 18.2 Å². The maximum atomic E-state index is 9.89. The molecule has 2 rings (SSSR count). The van der Waals surface area contributed by atoms with Crippen LogP contribution in [0.3, 0.4) is 0 Å². The molecule has 1 heterocycles. The highest BCUT2D eigenvalue weighted by Gasteiger charge is 2.35. The van der Waals surface area contributed by atoms with Gasteiger partial charge in [0.15, 0.2) is 0 Å². The molecule has 0 saturated carbocycles. The van der Waals surface area contributed by atoms with Gasteiger partial charge in [-0.25, -0.2) is 0 Å². The van der Waals surface area contributed by atoms with Gasteiger partial charge in [-0.3, -0.25) is 4.90 Å². The van der Waals surface area contributed by atoms with Crippen LogP contribution in [-0.4, -0.2) is 54.4 Å². The van der Waals surface area contributed by atoms with Crippen molar-refractivity contribution in [2.75, 3.05) is 38.3 Å². The van der Waals surface area contributed by atoms with Gasteiger partial charge in [-0.05, 0) is 63.1 Å². The lowest BCUT2D eigenvalue weighted by Crippen LogP contribution is -2.46. The van der Waals surface area contributed by atoms with Crippen molar-refractivity contribution in [3.63, 3.8) is 0 Å². The molecule has 4 heteroatoms. The molecule has 0 bridgehead atoms. The van der Waals surface area contributed by atoms with Gasteiger partial charge in [0, 0.05) is 18.4 Å². The van der Waals surface area contributed by atoms with E-state index >= 15 is 0 Å². The first kappa shape index (κ1) is 17.6. The summed E-state index contributed by atoms with van der Waals surface area (Å²) < 4.78 is 5.82. The fourth-order valence-electron chi connectivity index (χ4n) is 3.18. The molecule has 1 aromatic rings. The smallest absolute Gasteiger partial charge is 0.119 e. The van der Waals surface area contributed by atoms with Gasteiger partial charge < -0.3 is 9.84 Å². The number of hydrogen-bond acceptors (Lipinski definition) is 4. The third-order valence-corrected chi connectivity index (χ3v) is 5.69. The van der Waals surface area contributed by atoms with E-state index in [1.54, 1.807) is 0 Å². The minimum Gasteiger partial charge on any atom is -0.494 e. The van der Waals surface area contributed by atoms with E-state index in [2.05, 4.69) is 18.1 Å². The summed E-state index contributed by atoms with van der Waals surface area (Å²) in [5.74, 6) is 2.10. The SMILES string of the molecule is CSCC(C)N1CCC(CO)(CCOc2ccccc2)CC1. The zero-order valence-corrected chi connectivity index (χ0v) is 14.6. The van der Waals surface area contributed by atoms with E-state index in [1.165, 1.54) is 5.75 Å². The molecule has 22 heavy (non-hydrogen) atoms. The fraction of sp³-hybridized carbons (Fsp3) is 0.667. The van der Waals surface area contributed by atoms with Crippen molar-refractivity contribution < 1.29 is 9.84 Å². The normalized spacial score (nSPS) is 19.8. The highest BCUT2D eigenvalue weighted by atomic mass is 32.2. The van der Waals surface area contributed by atoms with Crippen molar-refractivity contribution in [1.29, 1.82) is 0 Å². The first-order valence-corrected chi connectivity index (χ1v) is 9.60. The Morgan fingerprint density at radius 3 is 2.55 bits per heavy atom. The Morgan fingerprint density at radius 2 is 1.95 bits per heavy atom. The van der Waals surface area contributed by atoms with Crippen LogP contribution in [0.4, 0.5) is 0 Å². The van der Waals surface area contributed by atoms with E-state index in [4.69, 9.17) is 4.74 Å². The summed E-state index contributed by atoms with van der Waals surface area (Å²) in [6.45, 7) is 5.45. The molecule has 1 aliphatic rings. The Hall–Kier alpha value is -0.710.